The van der Waals surface area contributed by atoms with Crippen molar-refractivity contribution in [1.82, 2.24) is 10.6 Å². The van der Waals surface area contributed by atoms with Crippen molar-refractivity contribution in [2.24, 2.45) is 0 Å². The van der Waals surface area contributed by atoms with Gasteiger partial charge in [0.05, 0.1) is 39.3 Å². The molecule has 0 saturated heterocycles. The molecule has 2 aromatic carbocycles. The second-order valence-electron chi connectivity index (χ2n) is 8.11. The molecule has 11 heteroatoms. The SMILES string of the molecule is C=C(COC(=O)Cc1ccc(O)cc1)NCCOCCOCCNC(=O)COC(=O)Cc1ccc(O)cc1. The van der Waals surface area contributed by atoms with Crippen molar-refractivity contribution >= 4 is 17.8 Å². The zero-order valence-corrected chi connectivity index (χ0v) is 21.1. The normalized spacial score (nSPS) is 10.4. The highest BCUT2D eigenvalue weighted by molar-refractivity contribution is 5.81. The predicted octanol–water partition coefficient (Wildman–Crippen LogP) is 1.22. The molecule has 0 aliphatic carbocycles. The molecular formula is C27H34N2O9. The van der Waals surface area contributed by atoms with Gasteiger partial charge in [0.15, 0.2) is 6.61 Å². The maximum atomic E-state index is 11.9. The van der Waals surface area contributed by atoms with Gasteiger partial charge in [-0.05, 0) is 35.4 Å². The maximum absolute atomic E-state index is 11.9. The Labute approximate surface area is 221 Å². The van der Waals surface area contributed by atoms with Crippen molar-refractivity contribution in [3.63, 3.8) is 0 Å². The van der Waals surface area contributed by atoms with Crippen molar-refractivity contribution in [2.45, 2.75) is 12.8 Å². The fourth-order valence-electron chi connectivity index (χ4n) is 2.96. The van der Waals surface area contributed by atoms with E-state index in [9.17, 15) is 24.6 Å². The largest absolute Gasteiger partial charge is 0.508 e. The highest BCUT2D eigenvalue weighted by atomic mass is 16.5. The van der Waals surface area contributed by atoms with Crippen LogP contribution in [0, 0.1) is 0 Å². The smallest absolute Gasteiger partial charge is 0.310 e. The fraction of sp³-hybridized carbons (Fsp3) is 0.370. The molecule has 1 amide bonds. The minimum absolute atomic E-state index is 0.00976. The number of benzene rings is 2. The van der Waals surface area contributed by atoms with Crippen LogP contribution in [0.5, 0.6) is 11.5 Å². The lowest BCUT2D eigenvalue weighted by molar-refractivity contribution is -0.147. The van der Waals surface area contributed by atoms with E-state index >= 15 is 0 Å². The monoisotopic (exact) mass is 530 g/mol. The number of amides is 1. The van der Waals surface area contributed by atoms with Crippen LogP contribution >= 0.6 is 0 Å². The first-order valence-electron chi connectivity index (χ1n) is 12.0. The standard InChI is InChI=1S/C27H34N2O9/c1-20(18-37-26(33)16-21-2-6-23(30)7-3-21)28-10-12-35-14-15-36-13-11-29-25(32)19-38-27(34)17-22-4-8-24(31)9-5-22/h2-9,28,30-31H,1,10-19H2,(H,29,32). The molecular weight excluding hydrogens is 496 g/mol. The molecule has 0 bridgehead atoms. The first kappa shape index (κ1) is 30.1. The number of hydrogen-bond donors (Lipinski definition) is 4. The highest BCUT2D eigenvalue weighted by Crippen LogP contribution is 2.11. The Hall–Kier alpha value is -4.09. The van der Waals surface area contributed by atoms with Crippen molar-refractivity contribution < 1.29 is 43.5 Å². The third-order valence-electron chi connectivity index (χ3n) is 4.90. The number of esters is 2. The molecule has 0 aromatic heterocycles. The van der Waals surface area contributed by atoms with Gasteiger partial charge in [0, 0.05) is 18.8 Å². The summed E-state index contributed by atoms with van der Waals surface area (Å²) < 4.78 is 20.9. The molecule has 0 radical (unpaired) electrons. The van der Waals surface area contributed by atoms with Gasteiger partial charge >= 0.3 is 11.9 Å². The van der Waals surface area contributed by atoms with Gasteiger partial charge < -0.3 is 39.8 Å². The number of aromatic hydroxyl groups is 2. The van der Waals surface area contributed by atoms with Crippen LogP contribution < -0.4 is 10.6 Å². The summed E-state index contributed by atoms with van der Waals surface area (Å²) in [6, 6.07) is 12.5. The summed E-state index contributed by atoms with van der Waals surface area (Å²) in [5.74, 6) is -1.12. The van der Waals surface area contributed by atoms with Crippen LogP contribution in [0.3, 0.4) is 0 Å². The molecule has 0 atom stereocenters. The molecule has 0 aliphatic rings. The van der Waals surface area contributed by atoms with E-state index in [-0.39, 0.29) is 50.7 Å². The summed E-state index contributed by atoms with van der Waals surface area (Å²) in [5.41, 5.74) is 1.96. The van der Waals surface area contributed by atoms with Gasteiger partial charge in [-0.15, -0.1) is 0 Å². The molecule has 2 aromatic rings. The van der Waals surface area contributed by atoms with E-state index in [0.717, 1.165) is 5.56 Å². The average molecular weight is 531 g/mol. The molecule has 38 heavy (non-hydrogen) atoms. The Morgan fingerprint density at radius 3 is 1.61 bits per heavy atom. The van der Waals surface area contributed by atoms with Gasteiger partial charge in [-0.3, -0.25) is 14.4 Å². The lowest BCUT2D eigenvalue weighted by Gasteiger charge is -2.11. The van der Waals surface area contributed by atoms with Crippen LogP contribution in [0.15, 0.2) is 60.8 Å². The Bertz CT molecular complexity index is 940. The second-order valence-corrected chi connectivity index (χ2v) is 8.11. The molecule has 0 unspecified atom stereocenters. The Morgan fingerprint density at radius 1 is 0.658 bits per heavy atom. The maximum Gasteiger partial charge on any atom is 0.310 e. The summed E-state index contributed by atoms with van der Waals surface area (Å²) in [7, 11) is 0. The summed E-state index contributed by atoms with van der Waals surface area (Å²) in [4.78, 5) is 35.3. The number of carbonyl (C=O) groups excluding carboxylic acids is 3. The van der Waals surface area contributed by atoms with Crippen LogP contribution in [-0.4, -0.2) is 80.8 Å². The van der Waals surface area contributed by atoms with Crippen LogP contribution in [0.1, 0.15) is 11.1 Å². The van der Waals surface area contributed by atoms with E-state index < -0.39 is 17.8 Å². The molecule has 0 heterocycles. The summed E-state index contributed by atoms with van der Waals surface area (Å²) in [6.45, 7) is 5.59. The van der Waals surface area contributed by atoms with Gasteiger partial charge in [-0.1, -0.05) is 30.8 Å². The van der Waals surface area contributed by atoms with Crippen molar-refractivity contribution in [3.8, 4) is 11.5 Å². The number of phenols is 2. The van der Waals surface area contributed by atoms with E-state index in [0.29, 0.717) is 37.6 Å². The van der Waals surface area contributed by atoms with Gasteiger partial charge in [-0.25, -0.2) is 0 Å². The molecule has 0 aliphatic heterocycles. The number of hydrogen-bond acceptors (Lipinski definition) is 10. The minimum Gasteiger partial charge on any atom is -0.508 e. The molecule has 11 nitrogen and oxygen atoms in total. The van der Waals surface area contributed by atoms with Crippen LogP contribution in [-0.2, 0) is 46.2 Å². The molecule has 206 valence electrons. The zero-order valence-electron chi connectivity index (χ0n) is 21.1. The van der Waals surface area contributed by atoms with Crippen LogP contribution in [0.4, 0.5) is 0 Å². The van der Waals surface area contributed by atoms with E-state index in [1.807, 2.05) is 0 Å². The van der Waals surface area contributed by atoms with Gasteiger partial charge in [-0.2, -0.15) is 0 Å². The lowest BCUT2D eigenvalue weighted by atomic mass is 10.1. The van der Waals surface area contributed by atoms with Gasteiger partial charge in [0.25, 0.3) is 5.91 Å². The molecule has 0 fully saturated rings. The molecule has 0 saturated carbocycles. The predicted molar refractivity (Wildman–Crippen MR) is 137 cm³/mol. The molecule has 2 rings (SSSR count). The topological polar surface area (TPSA) is 153 Å². The summed E-state index contributed by atoms with van der Waals surface area (Å²) in [5, 5.41) is 24.1. The fourth-order valence-corrected chi connectivity index (χ4v) is 2.96. The number of rotatable bonds is 18. The summed E-state index contributed by atoms with van der Waals surface area (Å²) in [6.07, 6.45) is 0.117. The number of phenolic OH excluding ortho intramolecular Hbond substituents is 2. The first-order valence-corrected chi connectivity index (χ1v) is 12.0. The second kappa shape index (κ2) is 17.4. The van der Waals surface area contributed by atoms with Crippen molar-refractivity contribution in [1.29, 1.82) is 0 Å². The highest BCUT2D eigenvalue weighted by Gasteiger charge is 2.09. The van der Waals surface area contributed by atoms with Crippen LogP contribution in [0.2, 0.25) is 0 Å². The molecule has 0 spiro atoms. The van der Waals surface area contributed by atoms with E-state index in [4.69, 9.17) is 18.9 Å². The number of nitrogens with one attached hydrogen (secondary N) is 2. The third-order valence-corrected chi connectivity index (χ3v) is 4.90. The summed E-state index contributed by atoms with van der Waals surface area (Å²) >= 11 is 0. The van der Waals surface area contributed by atoms with Crippen molar-refractivity contribution in [3.05, 3.63) is 71.9 Å². The van der Waals surface area contributed by atoms with Gasteiger partial charge in [0.2, 0.25) is 0 Å². The Kier molecular flexibility index (Phi) is 13.8. The first-order chi connectivity index (χ1) is 18.3. The number of ether oxygens (including phenoxy) is 4. The lowest BCUT2D eigenvalue weighted by Crippen LogP contribution is -2.32. The minimum atomic E-state index is -0.538. The van der Waals surface area contributed by atoms with E-state index in [1.165, 1.54) is 24.3 Å². The third kappa shape index (κ3) is 13.9. The van der Waals surface area contributed by atoms with E-state index in [2.05, 4.69) is 17.2 Å². The number of carbonyl (C=O) groups is 3. The molecule has 4 N–H and O–H groups in total. The average Bonchev–Trinajstić information content (AvgIpc) is 2.90. The quantitative estimate of drug-likeness (QED) is 0.163. The van der Waals surface area contributed by atoms with Crippen LogP contribution in [0.25, 0.3) is 0 Å². The van der Waals surface area contributed by atoms with E-state index in [1.54, 1.807) is 24.3 Å². The Balaban J connectivity index is 1.37. The Morgan fingerprint density at radius 2 is 1.11 bits per heavy atom. The van der Waals surface area contributed by atoms with Gasteiger partial charge in [0.1, 0.15) is 18.1 Å². The van der Waals surface area contributed by atoms with Crippen molar-refractivity contribution in [2.75, 3.05) is 52.7 Å². The zero-order chi connectivity index (χ0) is 27.6.